The normalized spacial score (nSPS) is 26.2. The Kier molecular flexibility index (Phi) is 5.41. The molecule has 1 aliphatic carbocycles. The van der Waals surface area contributed by atoms with Gasteiger partial charge in [0.05, 0.1) is 11.8 Å². The van der Waals surface area contributed by atoms with Crippen LogP contribution in [0.4, 0.5) is 0 Å². The maximum Gasteiger partial charge on any atom is 0.308 e. The first-order valence-electron chi connectivity index (χ1n) is 6.32. The molecule has 17 heavy (non-hydrogen) atoms. The fourth-order valence-electron chi connectivity index (χ4n) is 2.25. The molecular weight excluding hydrogens is 220 g/mol. The van der Waals surface area contributed by atoms with E-state index in [0.29, 0.717) is 6.42 Å². The van der Waals surface area contributed by atoms with E-state index in [-0.39, 0.29) is 24.4 Å². The lowest BCUT2D eigenvalue weighted by Crippen LogP contribution is -2.45. The number of nitrogens with one attached hydrogen (secondary N) is 1. The molecule has 5 nitrogen and oxygen atoms in total. The maximum absolute atomic E-state index is 11.9. The number of carboxylic acids is 1. The van der Waals surface area contributed by atoms with E-state index in [4.69, 9.17) is 10.8 Å². The Morgan fingerprint density at radius 3 is 2.59 bits per heavy atom. The summed E-state index contributed by atoms with van der Waals surface area (Å²) in [7, 11) is 0. The largest absolute Gasteiger partial charge is 0.481 e. The number of rotatable bonds is 5. The summed E-state index contributed by atoms with van der Waals surface area (Å²) in [5, 5.41) is 11.6. The molecule has 3 atom stereocenters. The van der Waals surface area contributed by atoms with Gasteiger partial charge in [0.15, 0.2) is 0 Å². The third-order valence-corrected chi connectivity index (χ3v) is 3.52. The highest BCUT2D eigenvalue weighted by Crippen LogP contribution is 2.23. The van der Waals surface area contributed by atoms with E-state index in [2.05, 4.69) is 5.32 Å². The van der Waals surface area contributed by atoms with Crippen LogP contribution in [-0.2, 0) is 9.59 Å². The van der Waals surface area contributed by atoms with E-state index in [1.165, 1.54) is 0 Å². The van der Waals surface area contributed by atoms with Crippen molar-refractivity contribution in [1.29, 1.82) is 0 Å². The van der Waals surface area contributed by atoms with Crippen molar-refractivity contribution < 1.29 is 14.7 Å². The number of hydrogen-bond donors (Lipinski definition) is 3. The molecule has 98 valence electrons. The maximum atomic E-state index is 11.9. The van der Waals surface area contributed by atoms with Crippen molar-refractivity contribution in [3.8, 4) is 0 Å². The van der Waals surface area contributed by atoms with Crippen LogP contribution in [0.1, 0.15) is 39.0 Å². The second-order valence-electron chi connectivity index (χ2n) is 4.74. The molecule has 1 rings (SSSR count). The molecule has 1 saturated carbocycles. The van der Waals surface area contributed by atoms with Crippen molar-refractivity contribution in [2.24, 2.45) is 17.6 Å². The van der Waals surface area contributed by atoms with Crippen LogP contribution in [0, 0.1) is 11.8 Å². The van der Waals surface area contributed by atoms with Crippen molar-refractivity contribution >= 4 is 11.9 Å². The summed E-state index contributed by atoms with van der Waals surface area (Å²) < 4.78 is 0. The molecule has 1 aliphatic rings. The van der Waals surface area contributed by atoms with Crippen molar-refractivity contribution in [2.75, 3.05) is 6.54 Å². The smallest absolute Gasteiger partial charge is 0.308 e. The summed E-state index contributed by atoms with van der Waals surface area (Å²) in [6.07, 6.45) is 4.33. The van der Waals surface area contributed by atoms with Gasteiger partial charge in [0.2, 0.25) is 5.91 Å². The van der Waals surface area contributed by atoms with Gasteiger partial charge in [0, 0.05) is 12.6 Å². The van der Waals surface area contributed by atoms with Crippen LogP contribution in [0.5, 0.6) is 0 Å². The number of nitrogens with two attached hydrogens (primary N) is 1. The summed E-state index contributed by atoms with van der Waals surface area (Å²) in [6, 6.07) is -0.0753. The fraction of sp³-hybridized carbons (Fsp3) is 0.833. The van der Waals surface area contributed by atoms with E-state index in [9.17, 15) is 9.59 Å². The molecule has 1 fully saturated rings. The lowest BCUT2D eigenvalue weighted by atomic mass is 9.84. The standard InChI is InChI=1S/C12H22N2O3/c1-2-8(12(16)17)7-14-11(15)9-5-3-4-6-10(9)13/h8-10H,2-7,13H2,1H3,(H,14,15)(H,16,17). The van der Waals surface area contributed by atoms with Crippen LogP contribution in [0.2, 0.25) is 0 Å². The van der Waals surface area contributed by atoms with Gasteiger partial charge >= 0.3 is 5.97 Å². The third-order valence-electron chi connectivity index (χ3n) is 3.52. The van der Waals surface area contributed by atoms with Gasteiger partial charge in [0.1, 0.15) is 0 Å². The lowest BCUT2D eigenvalue weighted by Gasteiger charge is -2.27. The van der Waals surface area contributed by atoms with Crippen LogP contribution in [0.15, 0.2) is 0 Å². The molecule has 0 saturated heterocycles. The Labute approximate surface area is 102 Å². The Hall–Kier alpha value is -1.10. The van der Waals surface area contributed by atoms with Gasteiger partial charge in [0.25, 0.3) is 0 Å². The summed E-state index contributed by atoms with van der Waals surface area (Å²) in [6.45, 7) is 2.01. The minimum atomic E-state index is -0.860. The SMILES string of the molecule is CCC(CNC(=O)C1CCCCC1N)C(=O)O. The summed E-state index contributed by atoms with van der Waals surface area (Å²) in [4.78, 5) is 22.7. The number of hydrogen-bond acceptors (Lipinski definition) is 3. The summed E-state index contributed by atoms with van der Waals surface area (Å²) in [5.74, 6) is -1.59. The molecular formula is C12H22N2O3. The topological polar surface area (TPSA) is 92.4 Å². The van der Waals surface area contributed by atoms with Gasteiger partial charge in [-0.25, -0.2) is 0 Å². The number of aliphatic carboxylic acids is 1. The number of carbonyl (C=O) groups excluding carboxylic acids is 1. The van der Waals surface area contributed by atoms with Crippen molar-refractivity contribution in [3.05, 3.63) is 0 Å². The second kappa shape index (κ2) is 6.59. The average Bonchev–Trinajstić information content (AvgIpc) is 2.29. The lowest BCUT2D eigenvalue weighted by molar-refractivity contribution is -0.141. The van der Waals surface area contributed by atoms with E-state index in [1.54, 1.807) is 6.92 Å². The summed E-state index contributed by atoms with van der Waals surface area (Å²) in [5.41, 5.74) is 5.90. The number of carbonyl (C=O) groups is 2. The minimum absolute atomic E-state index is 0.0753. The van der Waals surface area contributed by atoms with Gasteiger partial charge < -0.3 is 16.2 Å². The molecule has 0 radical (unpaired) electrons. The van der Waals surface area contributed by atoms with Crippen molar-refractivity contribution in [3.63, 3.8) is 0 Å². The quantitative estimate of drug-likeness (QED) is 0.662. The molecule has 0 spiro atoms. The van der Waals surface area contributed by atoms with Crippen LogP contribution in [-0.4, -0.2) is 29.6 Å². The molecule has 0 bridgehead atoms. The number of amides is 1. The zero-order valence-electron chi connectivity index (χ0n) is 10.3. The van der Waals surface area contributed by atoms with Gasteiger partial charge in [-0.2, -0.15) is 0 Å². The van der Waals surface area contributed by atoms with Crippen LogP contribution in [0.25, 0.3) is 0 Å². The van der Waals surface area contributed by atoms with E-state index in [1.807, 2.05) is 0 Å². The van der Waals surface area contributed by atoms with Gasteiger partial charge in [-0.15, -0.1) is 0 Å². The Bertz CT molecular complexity index is 281. The highest BCUT2D eigenvalue weighted by atomic mass is 16.4. The van der Waals surface area contributed by atoms with E-state index in [0.717, 1.165) is 25.7 Å². The highest BCUT2D eigenvalue weighted by Gasteiger charge is 2.28. The average molecular weight is 242 g/mol. The predicted molar refractivity (Wildman–Crippen MR) is 64.4 cm³/mol. The third kappa shape index (κ3) is 4.00. The number of carboxylic acid groups (broad SMARTS) is 1. The zero-order valence-corrected chi connectivity index (χ0v) is 10.3. The van der Waals surface area contributed by atoms with Crippen LogP contribution in [0.3, 0.4) is 0 Å². The first-order chi connectivity index (χ1) is 8.06. The molecule has 3 unspecified atom stereocenters. The first-order valence-corrected chi connectivity index (χ1v) is 6.32. The second-order valence-corrected chi connectivity index (χ2v) is 4.74. The van der Waals surface area contributed by atoms with Gasteiger partial charge in [-0.3, -0.25) is 9.59 Å². The van der Waals surface area contributed by atoms with Crippen molar-refractivity contribution in [2.45, 2.75) is 45.1 Å². The van der Waals surface area contributed by atoms with Crippen molar-refractivity contribution in [1.82, 2.24) is 5.32 Å². The van der Waals surface area contributed by atoms with Gasteiger partial charge in [-0.05, 0) is 19.3 Å². The van der Waals surface area contributed by atoms with E-state index < -0.39 is 11.9 Å². The molecule has 4 N–H and O–H groups in total. The summed E-state index contributed by atoms with van der Waals surface area (Å²) >= 11 is 0. The highest BCUT2D eigenvalue weighted by molar-refractivity contribution is 5.80. The van der Waals surface area contributed by atoms with Gasteiger partial charge in [-0.1, -0.05) is 19.8 Å². The molecule has 0 aromatic carbocycles. The molecule has 1 amide bonds. The predicted octanol–water partition coefficient (Wildman–Crippen LogP) is 0.731. The Morgan fingerprint density at radius 2 is 2.06 bits per heavy atom. The molecule has 0 aromatic rings. The minimum Gasteiger partial charge on any atom is -0.481 e. The molecule has 0 aromatic heterocycles. The molecule has 0 aliphatic heterocycles. The van der Waals surface area contributed by atoms with Crippen LogP contribution < -0.4 is 11.1 Å². The molecule has 0 heterocycles. The Morgan fingerprint density at radius 1 is 1.41 bits per heavy atom. The first kappa shape index (κ1) is 14.0. The van der Waals surface area contributed by atoms with E-state index >= 15 is 0 Å². The fourth-order valence-corrected chi connectivity index (χ4v) is 2.25. The monoisotopic (exact) mass is 242 g/mol. The Balaban J connectivity index is 2.40. The molecule has 5 heteroatoms. The van der Waals surface area contributed by atoms with Crippen LogP contribution >= 0.6 is 0 Å². The zero-order chi connectivity index (χ0) is 12.8.